The van der Waals surface area contributed by atoms with Crippen molar-refractivity contribution in [3.63, 3.8) is 0 Å². The third-order valence-corrected chi connectivity index (χ3v) is 4.36. The molecule has 1 rings (SSSR count). The number of carbonyl (C=O) groups is 1. The molecule has 1 saturated carbocycles. The van der Waals surface area contributed by atoms with E-state index in [9.17, 15) is 9.90 Å². The largest absolute Gasteiger partial charge is 0.480 e. The van der Waals surface area contributed by atoms with E-state index in [1.807, 2.05) is 6.92 Å². The van der Waals surface area contributed by atoms with E-state index < -0.39 is 11.5 Å². The highest BCUT2D eigenvalue weighted by molar-refractivity contribution is 5.78. The molecule has 2 N–H and O–H groups in total. The molecule has 118 valence electrons. The maximum absolute atomic E-state index is 11.7. The third-order valence-electron chi connectivity index (χ3n) is 4.36. The number of hydrogen-bond donors (Lipinski definition) is 2. The molecule has 0 heterocycles. The van der Waals surface area contributed by atoms with Crippen LogP contribution in [0.2, 0.25) is 0 Å². The second-order valence-electron chi connectivity index (χ2n) is 6.39. The number of aliphatic carboxylic acids is 1. The van der Waals surface area contributed by atoms with E-state index in [1.165, 1.54) is 0 Å². The Morgan fingerprint density at radius 2 is 2.00 bits per heavy atom. The molecule has 0 radical (unpaired) electrons. The molecule has 1 atom stereocenters. The standard InChI is InChI=1S/C16H32N2O2/c1-5-11-18(13(3)4)12-7-10-16(6-2,15(19)20)17-14-8-9-14/h13-14,17H,5-12H2,1-4H3,(H,19,20). The molecule has 1 aliphatic carbocycles. The van der Waals surface area contributed by atoms with E-state index in [0.29, 0.717) is 18.5 Å². The molecule has 0 spiro atoms. The molecule has 1 fully saturated rings. The zero-order chi connectivity index (χ0) is 15.2. The lowest BCUT2D eigenvalue weighted by Gasteiger charge is -2.32. The molecule has 0 aromatic rings. The zero-order valence-corrected chi connectivity index (χ0v) is 13.6. The average molecular weight is 284 g/mol. The van der Waals surface area contributed by atoms with Gasteiger partial charge in [-0.1, -0.05) is 13.8 Å². The summed E-state index contributed by atoms with van der Waals surface area (Å²) in [6, 6.07) is 0.968. The van der Waals surface area contributed by atoms with Crippen LogP contribution in [0.25, 0.3) is 0 Å². The van der Waals surface area contributed by atoms with Gasteiger partial charge in [-0.15, -0.1) is 0 Å². The molecule has 0 aromatic carbocycles. The van der Waals surface area contributed by atoms with Crippen molar-refractivity contribution in [2.24, 2.45) is 0 Å². The SMILES string of the molecule is CCCN(CCCC(CC)(NC1CC1)C(=O)O)C(C)C. The van der Waals surface area contributed by atoms with Crippen molar-refractivity contribution in [1.82, 2.24) is 10.2 Å². The van der Waals surface area contributed by atoms with Crippen molar-refractivity contribution < 1.29 is 9.90 Å². The van der Waals surface area contributed by atoms with Crippen molar-refractivity contribution in [2.75, 3.05) is 13.1 Å². The Hall–Kier alpha value is -0.610. The number of carboxylic acids is 1. The molecule has 0 aliphatic heterocycles. The average Bonchev–Trinajstić information content (AvgIpc) is 3.19. The molecule has 20 heavy (non-hydrogen) atoms. The van der Waals surface area contributed by atoms with Gasteiger partial charge in [0, 0.05) is 12.1 Å². The van der Waals surface area contributed by atoms with Gasteiger partial charge in [0.1, 0.15) is 5.54 Å². The van der Waals surface area contributed by atoms with Crippen LogP contribution in [0.15, 0.2) is 0 Å². The molecule has 4 nitrogen and oxygen atoms in total. The number of nitrogens with zero attached hydrogens (tertiary/aromatic N) is 1. The Morgan fingerprint density at radius 1 is 1.35 bits per heavy atom. The van der Waals surface area contributed by atoms with Crippen molar-refractivity contribution in [2.45, 2.75) is 83.8 Å². The van der Waals surface area contributed by atoms with Crippen LogP contribution in [0.1, 0.15) is 66.2 Å². The third kappa shape index (κ3) is 5.06. The molecule has 0 amide bonds. The van der Waals surface area contributed by atoms with E-state index in [2.05, 4.69) is 31.0 Å². The Morgan fingerprint density at radius 3 is 2.40 bits per heavy atom. The van der Waals surface area contributed by atoms with E-state index in [0.717, 1.165) is 45.2 Å². The van der Waals surface area contributed by atoms with Crippen LogP contribution < -0.4 is 5.32 Å². The minimum absolute atomic E-state index is 0.433. The van der Waals surface area contributed by atoms with Crippen LogP contribution in [0.4, 0.5) is 0 Å². The summed E-state index contributed by atoms with van der Waals surface area (Å²) in [6.07, 6.45) is 5.73. The fraction of sp³-hybridized carbons (Fsp3) is 0.938. The summed E-state index contributed by atoms with van der Waals surface area (Å²) in [5.74, 6) is -0.682. The Bertz CT molecular complexity index is 303. The fourth-order valence-electron chi connectivity index (χ4n) is 2.79. The Labute approximate surface area is 123 Å². The normalized spacial score (nSPS) is 18.5. The van der Waals surface area contributed by atoms with Crippen LogP contribution in [0.3, 0.4) is 0 Å². The minimum atomic E-state index is -0.712. The van der Waals surface area contributed by atoms with Gasteiger partial charge in [0.15, 0.2) is 0 Å². The van der Waals surface area contributed by atoms with Crippen LogP contribution in [0, 0.1) is 0 Å². The van der Waals surface area contributed by atoms with Crippen molar-refractivity contribution in [3.8, 4) is 0 Å². The van der Waals surface area contributed by atoms with E-state index in [1.54, 1.807) is 0 Å². The van der Waals surface area contributed by atoms with Crippen LogP contribution in [-0.4, -0.2) is 46.7 Å². The predicted molar refractivity (Wildman–Crippen MR) is 83.0 cm³/mol. The summed E-state index contributed by atoms with van der Waals surface area (Å²) in [5, 5.41) is 13.0. The maximum Gasteiger partial charge on any atom is 0.323 e. The first-order chi connectivity index (χ1) is 9.45. The van der Waals surface area contributed by atoms with Gasteiger partial charge in [-0.25, -0.2) is 0 Å². The lowest BCUT2D eigenvalue weighted by Crippen LogP contribution is -2.53. The van der Waals surface area contributed by atoms with Gasteiger partial charge in [-0.05, 0) is 65.5 Å². The molecule has 0 saturated heterocycles. The molecule has 0 aromatic heterocycles. The fourth-order valence-corrected chi connectivity index (χ4v) is 2.79. The van der Waals surface area contributed by atoms with Gasteiger partial charge >= 0.3 is 5.97 Å². The Kier molecular flexibility index (Phi) is 6.96. The summed E-state index contributed by atoms with van der Waals surface area (Å²) in [7, 11) is 0. The van der Waals surface area contributed by atoms with Crippen LogP contribution in [0.5, 0.6) is 0 Å². The summed E-state index contributed by atoms with van der Waals surface area (Å²) in [5.41, 5.74) is -0.712. The lowest BCUT2D eigenvalue weighted by molar-refractivity contribution is -0.145. The highest BCUT2D eigenvalue weighted by Crippen LogP contribution is 2.27. The predicted octanol–water partition coefficient (Wildman–Crippen LogP) is 2.87. The Balaban J connectivity index is 2.50. The van der Waals surface area contributed by atoms with E-state index >= 15 is 0 Å². The lowest BCUT2D eigenvalue weighted by atomic mass is 9.90. The molecular formula is C16H32N2O2. The second kappa shape index (κ2) is 7.99. The summed E-state index contributed by atoms with van der Waals surface area (Å²) in [4.78, 5) is 14.1. The number of hydrogen-bond acceptors (Lipinski definition) is 3. The van der Waals surface area contributed by atoms with E-state index in [4.69, 9.17) is 0 Å². The molecule has 4 heteroatoms. The van der Waals surface area contributed by atoms with Gasteiger partial charge in [-0.3, -0.25) is 10.1 Å². The van der Waals surface area contributed by atoms with E-state index in [-0.39, 0.29) is 0 Å². The summed E-state index contributed by atoms with van der Waals surface area (Å²) >= 11 is 0. The smallest absolute Gasteiger partial charge is 0.323 e. The molecule has 1 aliphatic rings. The quantitative estimate of drug-likeness (QED) is 0.612. The van der Waals surface area contributed by atoms with Gasteiger partial charge in [0.05, 0.1) is 0 Å². The second-order valence-corrected chi connectivity index (χ2v) is 6.39. The first-order valence-electron chi connectivity index (χ1n) is 8.20. The monoisotopic (exact) mass is 284 g/mol. The summed E-state index contributed by atoms with van der Waals surface area (Å²) in [6.45, 7) is 10.7. The summed E-state index contributed by atoms with van der Waals surface area (Å²) < 4.78 is 0. The van der Waals surface area contributed by atoms with Crippen molar-refractivity contribution >= 4 is 5.97 Å². The zero-order valence-electron chi connectivity index (χ0n) is 13.6. The van der Waals surface area contributed by atoms with Crippen LogP contribution >= 0.6 is 0 Å². The maximum atomic E-state index is 11.7. The van der Waals surface area contributed by atoms with Crippen molar-refractivity contribution in [3.05, 3.63) is 0 Å². The number of nitrogens with one attached hydrogen (secondary N) is 1. The first kappa shape index (κ1) is 17.4. The molecular weight excluding hydrogens is 252 g/mol. The first-order valence-corrected chi connectivity index (χ1v) is 8.20. The van der Waals surface area contributed by atoms with Gasteiger partial charge in [0.2, 0.25) is 0 Å². The minimum Gasteiger partial charge on any atom is -0.480 e. The van der Waals surface area contributed by atoms with Crippen molar-refractivity contribution in [1.29, 1.82) is 0 Å². The topological polar surface area (TPSA) is 52.6 Å². The highest BCUT2D eigenvalue weighted by atomic mass is 16.4. The van der Waals surface area contributed by atoms with Gasteiger partial charge < -0.3 is 10.0 Å². The van der Waals surface area contributed by atoms with Gasteiger partial charge in [0.25, 0.3) is 0 Å². The molecule has 1 unspecified atom stereocenters. The number of carboxylic acid groups (broad SMARTS) is 1. The van der Waals surface area contributed by atoms with Gasteiger partial charge in [-0.2, -0.15) is 0 Å². The number of rotatable bonds is 11. The molecule has 0 bridgehead atoms. The highest BCUT2D eigenvalue weighted by Gasteiger charge is 2.40. The van der Waals surface area contributed by atoms with Crippen LogP contribution in [-0.2, 0) is 4.79 Å².